The van der Waals surface area contributed by atoms with Crippen molar-refractivity contribution >= 4 is 17.4 Å². The topological polar surface area (TPSA) is 71.2 Å². The van der Waals surface area contributed by atoms with E-state index in [9.17, 15) is 10.0 Å². The van der Waals surface area contributed by atoms with Crippen LogP contribution in [0.3, 0.4) is 0 Å². The van der Waals surface area contributed by atoms with Gasteiger partial charge in [0.05, 0.1) is 12.1 Å². The second-order valence-electron chi connectivity index (χ2n) is 5.59. The molecule has 0 spiro atoms. The molecule has 0 fully saturated rings. The first-order valence-corrected chi connectivity index (χ1v) is 7.01. The zero-order valence-electron chi connectivity index (χ0n) is 12.8. The lowest BCUT2D eigenvalue weighted by molar-refractivity contribution is -0.134. The third-order valence-electron chi connectivity index (χ3n) is 3.94. The fraction of sp³-hybridized carbons (Fsp3) is 0.438. The molecule has 112 valence electrons. The van der Waals surface area contributed by atoms with Gasteiger partial charge in [-0.3, -0.25) is 4.99 Å². The first kappa shape index (κ1) is 15.2. The summed E-state index contributed by atoms with van der Waals surface area (Å²) in [6.45, 7) is 8.00. The minimum Gasteiger partial charge on any atom is -0.461 e. The SMILES string of the molecule is CCOC(=O)/C(=N\O)C1=NC(C)(C)[C@H](C)c2ccccc21. The number of hydrogen-bond donors (Lipinski definition) is 1. The fourth-order valence-corrected chi connectivity index (χ4v) is 2.48. The Labute approximate surface area is 124 Å². The van der Waals surface area contributed by atoms with E-state index in [0.717, 1.165) is 11.1 Å². The molecule has 0 aliphatic carbocycles. The van der Waals surface area contributed by atoms with Crippen LogP contribution < -0.4 is 0 Å². The number of oxime groups is 1. The van der Waals surface area contributed by atoms with Gasteiger partial charge in [-0.15, -0.1) is 0 Å². The molecule has 1 aliphatic rings. The molecule has 1 atom stereocenters. The van der Waals surface area contributed by atoms with Gasteiger partial charge in [0.2, 0.25) is 5.71 Å². The average Bonchev–Trinajstić information content (AvgIpc) is 2.45. The maximum Gasteiger partial charge on any atom is 0.362 e. The molecule has 1 heterocycles. The summed E-state index contributed by atoms with van der Waals surface area (Å²) in [4.78, 5) is 16.6. The molecule has 0 unspecified atom stereocenters. The summed E-state index contributed by atoms with van der Waals surface area (Å²) >= 11 is 0. The lowest BCUT2D eigenvalue weighted by Crippen LogP contribution is -2.38. The highest BCUT2D eigenvalue weighted by Gasteiger charge is 2.37. The molecule has 0 saturated heterocycles. The molecular formula is C16H20N2O3. The molecular weight excluding hydrogens is 268 g/mol. The maximum atomic E-state index is 12.0. The van der Waals surface area contributed by atoms with Crippen molar-refractivity contribution in [2.45, 2.75) is 39.2 Å². The number of esters is 1. The van der Waals surface area contributed by atoms with Gasteiger partial charge in [0.25, 0.3) is 0 Å². The third-order valence-corrected chi connectivity index (χ3v) is 3.94. The summed E-state index contributed by atoms with van der Waals surface area (Å²) in [6, 6.07) is 7.72. The van der Waals surface area contributed by atoms with Crippen LogP contribution in [-0.4, -0.2) is 34.7 Å². The van der Waals surface area contributed by atoms with Crippen molar-refractivity contribution in [3.63, 3.8) is 0 Å². The third kappa shape index (κ3) is 2.68. The molecule has 21 heavy (non-hydrogen) atoms. The van der Waals surface area contributed by atoms with Gasteiger partial charge in [0.15, 0.2) is 0 Å². The summed E-state index contributed by atoms with van der Waals surface area (Å²) in [6.07, 6.45) is 0. The molecule has 5 nitrogen and oxygen atoms in total. The zero-order chi connectivity index (χ0) is 15.6. The Kier molecular flexibility index (Phi) is 4.11. The summed E-state index contributed by atoms with van der Waals surface area (Å²) in [5.74, 6) is -0.474. The molecule has 0 aromatic heterocycles. The van der Waals surface area contributed by atoms with E-state index in [1.807, 2.05) is 38.1 Å². The highest BCUT2D eigenvalue weighted by atomic mass is 16.5. The Balaban J connectivity index is 2.58. The standard InChI is InChI=1S/C16H20N2O3/c1-5-21-15(19)14(18-20)13-12-9-7-6-8-11(12)10(2)16(3,4)17-13/h6-10,20H,5H2,1-4H3/b18-14-/t10-/m1/s1. The monoisotopic (exact) mass is 288 g/mol. The largest absolute Gasteiger partial charge is 0.461 e. The fourth-order valence-electron chi connectivity index (χ4n) is 2.48. The molecule has 2 rings (SSSR count). The van der Waals surface area contributed by atoms with Crippen LogP contribution in [-0.2, 0) is 9.53 Å². The van der Waals surface area contributed by atoms with E-state index in [1.54, 1.807) is 6.92 Å². The van der Waals surface area contributed by atoms with Crippen LogP contribution in [0.15, 0.2) is 34.4 Å². The molecule has 1 aliphatic heterocycles. The van der Waals surface area contributed by atoms with Crippen molar-refractivity contribution in [3.05, 3.63) is 35.4 Å². The highest BCUT2D eigenvalue weighted by Crippen LogP contribution is 2.37. The molecule has 0 saturated carbocycles. The smallest absolute Gasteiger partial charge is 0.362 e. The number of carbonyl (C=O) groups excluding carboxylic acids is 1. The zero-order valence-corrected chi connectivity index (χ0v) is 12.8. The average molecular weight is 288 g/mol. The van der Waals surface area contributed by atoms with Crippen LogP contribution in [0.2, 0.25) is 0 Å². The number of ether oxygens (including phenoxy) is 1. The predicted molar refractivity (Wildman–Crippen MR) is 81.3 cm³/mol. The predicted octanol–water partition coefficient (Wildman–Crippen LogP) is 2.76. The maximum absolute atomic E-state index is 12.0. The summed E-state index contributed by atoms with van der Waals surface area (Å²) in [5, 5.41) is 12.4. The summed E-state index contributed by atoms with van der Waals surface area (Å²) < 4.78 is 4.95. The molecule has 0 amide bonds. The van der Waals surface area contributed by atoms with E-state index >= 15 is 0 Å². The van der Waals surface area contributed by atoms with Crippen LogP contribution >= 0.6 is 0 Å². The van der Waals surface area contributed by atoms with Crippen LogP contribution in [0.25, 0.3) is 0 Å². The van der Waals surface area contributed by atoms with E-state index in [4.69, 9.17) is 4.74 Å². The number of aliphatic imine (C=N–C) groups is 1. The van der Waals surface area contributed by atoms with Gasteiger partial charge in [-0.05, 0) is 26.3 Å². The van der Waals surface area contributed by atoms with Gasteiger partial charge >= 0.3 is 5.97 Å². The quantitative estimate of drug-likeness (QED) is 0.402. The van der Waals surface area contributed by atoms with Gasteiger partial charge in [-0.2, -0.15) is 0 Å². The number of hydrogen-bond acceptors (Lipinski definition) is 5. The number of nitrogens with zero attached hydrogens (tertiary/aromatic N) is 2. The van der Waals surface area contributed by atoms with Crippen molar-refractivity contribution in [3.8, 4) is 0 Å². The van der Waals surface area contributed by atoms with Crippen molar-refractivity contribution in [2.24, 2.45) is 10.1 Å². The van der Waals surface area contributed by atoms with E-state index in [1.165, 1.54) is 0 Å². The van der Waals surface area contributed by atoms with Gasteiger partial charge in [0, 0.05) is 11.5 Å². The van der Waals surface area contributed by atoms with Crippen molar-refractivity contribution in [2.75, 3.05) is 6.61 Å². The number of rotatable bonds is 3. The first-order valence-electron chi connectivity index (χ1n) is 7.01. The van der Waals surface area contributed by atoms with E-state index in [-0.39, 0.29) is 18.2 Å². The highest BCUT2D eigenvalue weighted by molar-refractivity contribution is 6.69. The molecule has 1 N–H and O–H groups in total. The number of fused-ring (bicyclic) bond motifs is 1. The van der Waals surface area contributed by atoms with E-state index in [0.29, 0.717) is 5.71 Å². The second-order valence-corrected chi connectivity index (χ2v) is 5.59. The minimum absolute atomic E-state index is 0.149. The molecule has 5 heteroatoms. The summed E-state index contributed by atoms with van der Waals surface area (Å²) in [7, 11) is 0. The number of carbonyl (C=O) groups is 1. The molecule has 1 aromatic carbocycles. The minimum atomic E-state index is -0.668. The first-order chi connectivity index (χ1) is 9.92. The Morgan fingerprint density at radius 3 is 2.71 bits per heavy atom. The van der Waals surface area contributed by atoms with Crippen molar-refractivity contribution in [1.82, 2.24) is 0 Å². The van der Waals surface area contributed by atoms with Crippen LogP contribution in [0.1, 0.15) is 44.7 Å². The van der Waals surface area contributed by atoms with Crippen molar-refractivity contribution in [1.29, 1.82) is 0 Å². The van der Waals surface area contributed by atoms with Gasteiger partial charge in [-0.25, -0.2) is 4.79 Å². The van der Waals surface area contributed by atoms with E-state index in [2.05, 4.69) is 17.1 Å². The normalized spacial score (nSPS) is 20.5. The Morgan fingerprint density at radius 1 is 1.43 bits per heavy atom. The second kappa shape index (κ2) is 5.68. The molecule has 0 bridgehead atoms. The van der Waals surface area contributed by atoms with Gasteiger partial charge in [-0.1, -0.05) is 36.3 Å². The van der Waals surface area contributed by atoms with Gasteiger partial charge in [0.1, 0.15) is 5.71 Å². The Morgan fingerprint density at radius 2 is 2.10 bits per heavy atom. The number of benzene rings is 1. The van der Waals surface area contributed by atoms with Crippen LogP contribution in [0.4, 0.5) is 0 Å². The van der Waals surface area contributed by atoms with Crippen LogP contribution in [0, 0.1) is 0 Å². The Bertz CT molecular complexity index is 618. The summed E-state index contributed by atoms with van der Waals surface area (Å²) in [5.41, 5.74) is 1.73. The lowest BCUT2D eigenvalue weighted by Gasteiger charge is -2.35. The molecule has 1 aromatic rings. The van der Waals surface area contributed by atoms with E-state index < -0.39 is 11.5 Å². The molecule has 0 radical (unpaired) electrons. The Hall–Kier alpha value is -2.17. The lowest BCUT2D eigenvalue weighted by atomic mass is 9.77. The van der Waals surface area contributed by atoms with Crippen molar-refractivity contribution < 1.29 is 14.7 Å². The van der Waals surface area contributed by atoms with Crippen LogP contribution in [0.5, 0.6) is 0 Å². The van der Waals surface area contributed by atoms with Gasteiger partial charge < -0.3 is 9.94 Å².